The van der Waals surface area contributed by atoms with Gasteiger partial charge in [-0.3, -0.25) is 4.79 Å². The van der Waals surface area contributed by atoms with Gasteiger partial charge in [-0.25, -0.2) is 4.79 Å². The molecule has 0 aromatic carbocycles. The Morgan fingerprint density at radius 1 is 1.25 bits per heavy atom. The second kappa shape index (κ2) is 4.91. The van der Waals surface area contributed by atoms with E-state index in [4.69, 9.17) is 4.74 Å². The van der Waals surface area contributed by atoms with Crippen molar-refractivity contribution in [2.75, 3.05) is 13.2 Å². The summed E-state index contributed by atoms with van der Waals surface area (Å²) in [6, 6.07) is -0.454. The maximum absolute atomic E-state index is 12.1. The zero-order valence-corrected chi connectivity index (χ0v) is 11.7. The molecule has 112 valence electrons. The lowest BCUT2D eigenvalue weighted by atomic mass is 9.85. The van der Waals surface area contributed by atoms with Crippen LogP contribution >= 0.6 is 0 Å². The molecule has 0 aromatic heterocycles. The van der Waals surface area contributed by atoms with Gasteiger partial charge in [0, 0.05) is 6.04 Å². The predicted molar refractivity (Wildman–Crippen MR) is 71.3 cm³/mol. The van der Waals surface area contributed by atoms with E-state index in [0.29, 0.717) is 11.8 Å². The van der Waals surface area contributed by atoms with E-state index in [0.717, 1.165) is 0 Å². The lowest BCUT2D eigenvalue weighted by Crippen LogP contribution is -2.54. The number of aliphatic carboxylic acids is 1. The highest BCUT2D eigenvalue weighted by molar-refractivity contribution is 5.79. The average molecular weight is 282 g/mol. The highest BCUT2D eigenvalue weighted by Crippen LogP contribution is 2.44. The quantitative estimate of drug-likeness (QED) is 0.701. The summed E-state index contributed by atoms with van der Waals surface area (Å²) in [7, 11) is 0. The topological polar surface area (TPSA) is 87.7 Å². The summed E-state index contributed by atoms with van der Waals surface area (Å²) in [6.07, 6.45) is 4.78. The standard InChI is InChI=1S/C14H22N2O4/c1-14(12(17)18)7-20-6-10(14)15-13(19)16-11(8-2-3-8)9-4-5-9/h8-11H,2-7H2,1H3,(H,17,18)(H2,15,16,19). The van der Waals surface area contributed by atoms with Crippen LogP contribution in [0.4, 0.5) is 4.79 Å². The van der Waals surface area contributed by atoms with Crippen LogP contribution in [0.3, 0.4) is 0 Å². The molecule has 3 N–H and O–H groups in total. The Hall–Kier alpha value is -1.30. The van der Waals surface area contributed by atoms with Gasteiger partial charge < -0.3 is 20.5 Å². The molecule has 2 atom stereocenters. The maximum atomic E-state index is 12.1. The molecule has 1 saturated heterocycles. The SMILES string of the molecule is CC1(C(=O)O)COCC1NC(=O)NC(C1CC1)C1CC1. The normalized spacial score (nSPS) is 33.2. The first-order chi connectivity index (χ1) is 9.50. The summed E-state index contributed by atoms with van der Waals surface area (Å²) >= 11 is 0. The molecule has 3 fully saturated rings. The third-order valence-electron chi connectivity index (χ3n) is 4.81. The zero-order chi connectivity index (χ0) is 14.3. The van der Waals surface area contributed by atoms with Crippen LogP contribution in [0.25, 0.3) is 0 Å². The molecule has 6 heteroatoms. The van der Waals surface area contributed by atoms with Crippen LogP contribution in [0.5, 0.6) is 0 Å². The summed E-state index contributed by atoms with van der Waals surface area (Å²) in [4.78, 5) is 23.4. The predicted octanol–water partition coefficient (Wildman–Crippen LogP) is 0.964. The number of carboxylic acids is 1. The molecule has 3 rings (SSSR count). The van der Waals surface area contributed by atoms with Crippen LogP contribution in [0.2, 0.25) is 0 Å². The van der Waals surface area contributed by atoms with Crippen LogP contribution in [0, 0.1) is 17.3 Å². The second-order valence-electron chi connectivity index (χ2n) is 6.61. The van der Waals surface area contributed by atoms with Crippen LogP contribution in [-0.4, -0.2) is 42.4 Å². The molecular formula is C14H22N2O4. The van der Waals surface area contributed by atoms with E-state index in [9.17, 15) is 14.7 Å². The van der Waals surface area contributed by atoms with Crippen LogP contribution < -0.4 is 10.6 Å². The fourth-order valence-electron chi connectivity index (χ4n) is 2.97. The van der Waals surface area contributed by atoms with Crippen LogP contribution in [0.15, 0.2) is 0 Å². The maximum Gasteiger partial charge on any atom is 0.315 e. The number of rotatable bonds is 5. The van der Waals surface area contributed by atoms with Crippen LogP contribution in [0.1, 0.15) is 32.6 Å². The van der Waals surface area contributed by atoms with Crippen molar-refractivity contribution in [2.45, 2.75) is 44.7 Å². The van der Waals surface area contributed by atoms with Crippen molar-refractivity contribution in [2.24, 2.45) is 17.3 Å². The minimum atomic E-state index is -1.04. The van der Waals surface area contributed by atoms with Crippen molar-refractivity contribution in [3.8, 4) is 0 Å². The molecule has 3 aliphatic rings. The fraction of sp³-hybridized carbons (Fsp3) is 0.857. The first-order valence-corrected chi connectivity index (χ1v) is 7.39. The van der Waals surface area contributed by atoms with Gasteiger partial charge in [0.15, 0.2) is 0 Å². The van der Waals surface area contributed by atoms with E-state index in [-0.39, 0.29) is 25.3 Å². The largest absolute Gasteiger partial charge is 0.481 e. The minimum Gasteiger partial charge on any atom is -0.481 e. The number of carbonyl (C=O) groups excluding carboxylic acids is 1. The number of ether oxygens (including phenoxy) is 1. The van der Waals surface area contributed by atoms with Crippen molar-refractivity contribution in [3.05, 3.63) is 0 Å². The van der Waals surface area contributed by atoms with E-state index in [1.165, 1.54) is 25.7 Å². The number of carboxylic acid groups (broad SMARTS) is 1. The molecule has 0 aromatic rings. The Bertz CT molecular complexity index is 407. The molecular weight excluding hydrogens is 260 g/mol. The number of carbonyl (C=O) groups is 2. The Kier molecular flexibility index (Phi) is 3.36. The van der Waals surface area contributed by atoms with Crippen molar-refractivity contribution in [1.82, 2.24) is 10.6 Å². The summed E-state index contributed by atoms with van der Waals surface area (Å²) in [5, 5.41) is 15.1. The molecule has 0 spiro atoms. The Morgan fingerprint density at radius 3 is 2.35 bits per heavy atom. The van der Waals surface area contributed by atoms with Gasteiger partial charge in [-0.1, -0.05) is 0 Å². The average Bonchev–Trinajstić information content (AvgIpc) is 3.28. The van der Waals surface area contributed by atoms with E-state index < -0.39 is 17.4 Å². The second-order valence-corrected chi connectivity index (χ2v) is 6.61. The highest BCUT2D eigenvalue weighted by Gasteiger charge is 2.48. The molecule has 20 heavy (non-hydrogen) atoms. The lowest BCUT2D eigenvalue weighted by molar-refractivity contribution is -0.148. The summed E-state index contributed by atoms with van der Waals surface area (Å²) < 4.78 is 5.24. The van der Waals surface area contributed by atoms with Gasteiger partial charge >= 0.3 is 12.0 Å². The van der Waals surface area contributed by atoms with Crippen molar-refractivity contribution >= 4 is 12.0 Å². The van der Waals surface area contributed by atoms with Gasteiger partial charge in [0.1, 0.15) is 5.41 Å². The summed E-state index contributed by atoms with van der Waals surface area (Å²) in [6.45, 7) is 2.02. The first-order valence-electron chi connectivity index (χ1n) is 7.39. The van der Waals surface area contributed by atoms with Gasteiger partial charge in [-0.05, 0) is 44.4 Å². The molecule has 1 aliphatic heterocycles. The van der Waals surface area contributed by atoms with Gasteiger partial charge in [0.05, 0.1) is 19.3 Å². The van der Waals surface area contributed by atoms with Gasteiger partial charge in [0.2, 0.25) is 0 Å². The van der Waals surface area contributed by atoms with Gasteiger partial charge in [-0.2, -0.15) is 0 Å². The monoisotopic (exact) mass is 282 g/mol. The number of amides is 2. The molecule has 2 saturated carbocycles. The molecule has 0 radical (unpaired) electrons. The molecule has 0 bridgehead atoms. The number of nitrogens with one attached hydrogen (secondary N) is 2. The third-order valence-corrected chi connectivity index (χ3v) is 4.81. The van der Waals surface area contributed by atoms with E-state index in [1.54, 1.807) is 6.92 Å². The van der Waals surface area contributed by atoms with Gasteiger partial charge in [0.25, 0.3) is 0 Å². The summed E-state index contributed by atoms with van der Waals surface area (Å²) in [5.41, 5.74) is -1.04. The lowest BCUT2D eigenvalue weighted by Gasteiger charge is -2.27. The molecule has 2 amide bonds. The van der Waals surface area contributed by atoms with E-state index in [2.05, 4.69) is 10.6 Å². The van der Waals surface area contributed by atoms with E-state index >= 15 is 0 Å². The summed E-state index contributed by atoms with van der Waals surface area (Å²) in [5.74, 6) is 0.319. The number of hydrogen-bond acceptors (Lipinski definition) is 3. The zero-order valence-electron chi connectivity index (χ0n) is 11.7. The Balaban J connectivity index is 1.56. The molecule has 2 aliphatic carbocycles. The van der Waals surface area contributed by atoms with Crippen molar-refractivity contribution < 1.29 is 19.4 Å². The smallest absolute Gasteiger partial charge is 0.315 e. The number of urea groups is 1. The molecule has 2 unspecified atom stereocenters. The Labute approximate surface area is 118 Å². The third kappa shape index (κ3) is 2.61. The molecule has 6 nitrogen and oxygen atoms in total. The fourth-order valence-corrected chi connectivity index (χ4v) is 2.97. The van der Waals surface area contributed by atoms with Crippen molar-refractivity contribution in [1.29, 1.82) is 0 Å². The highest BCUT2D eigenvalue weighted by atomic mass is 16.5. The first kappa shape index (κ1) is 13.7. The van der Waals surface area contributed by atoms with Crippen LogP contribution in [-0.2, 0) is 9.53 Å². The van der Waals surface area contributed by atoms with Crippen molar-refractivity contribution in [3.63, 3.8) is 0 Å². The Morgan fingerprint density at radius 2 is 1.85 bits per heavy atom. The molecule has 1 heterocycles. The van der Waals surface area contributed by atoms with E-state index in [1.807, 2.05) is 0 Å². The number of hydrogen-bond donors (Lipinski definition) is 3. The minimum absolute atomic E-state index is 0.141. The van der Waals surface area contributed by atoms with Gasteiger partial charge in [-0.15, -0.1) is 0 Å².